The van der Waals surface area contributed by atoms with Crippen LogP contribution in [0.25, 0.3) is 0 Å². The number of anilines is 1. The van der Waals surface area contributed by atoms with Crippen LogP contribution in [0.1, 0.15) is 35.6 Å². The van der Waals surface area contributed by atoms with E-state index in [0.29, 0.717) is 22.6 Å². The summed E-state index contributed by atoms with van der Waals surface area (Å²) in [7, 11) is -3.74. The van der Waals surface area contributed by atoms with Crippen molar-refractivity contribution >= 4 is 27.4 Å². The van der Waals surface area contributed by atoms with Gasteiger partial charge in [0.1, 0.15) is 4.90 Å². The maximum atomic E-state index is 12.4. The fraction of sp³-hybridized carbons (Fsp3) is 0.353. The largest absolute Gasteiger partial charge is 0.311 e. The van der Waals surface area contributed by atoms with Gasteiger partial charge < -0.3 is 4.90 Å². The van der Waals surface area contributed by atoms with Crippen molar-refractivity contribution in [3.8, 4) is 0 Å². The minimum absolute atomic E-state index is 0.0241. The van der Waals surface area contributed by atoms with Crippen molar-refractivity contribution in [3.63, 3.8) is 0 Å². The van der Waals surface area contributed by atoms with Crippen molar-refractivity contribution in [1.29, 1.82) is 0 Å². The SMILES string of the molecule is CC(=O)c1cccc(N(CCNS(=O)(=O)c2c(C)n[nH]c2C)C(C)=O)c1. The van der Waals surface area contributed by atoms with Crippen LogP contribution in [0.3, 0.4) is 0 Å². The molecule has 0 saturated carbocycles. The second-order valence-electron chi connectivity index (χ2n) is 5.94. The predicted molar refractivity (Wildman–Crippen MR) is 97.7 cm³/mol. The first-order valence-electron chi connectivity index (χ1n) is 8.04. The van der Waals surface area contributed by atoms with Gasteiger partial charge in [0, 0.05) is 31.3 Å². The summed E-state index contributed by atoms with van der Waals surface area (Å²) in [5.74, 6) is -0.359. The number of nitrogens with zero attached hydrogens (tertiary/aromatic N) is 2. The molecule has 1 aromatic heterocycles. The molecule has 140 valence electrons. The first-order chi connectivity index (χ1) is 12.1. The van der Waals surface area contributed by atoms with E-state index >= 15 is 0 Å². The molecule has 0 aliphatic carbocycles. The summed E-state index contributed by atoms with van der Waals surface area (Å²) in [5.41, 5.74) is 1.86. The average molecular weight is 378 g/mol. The van der Waals surface area contributed by atoms with Crippen molar-refractivity contribution in [1.82, 2.24) is 14.9 Å². The molecule has 0 spiro atoms. The number of amides is 1. The zero-order valence-corrected chi connectivity index (χ0v) is 16.0. The fourth-order valence-electron chi connectivity index (χ4n) is 2.66. The van der Waals surface area contributed by atoms with Gasteiger partial charge in [-0.1, -0.05) is 12.1 Å². The molecule has 0 aliphatic rings. The molecule has 0 radical (unpaired) electrons. The number of aromatic amines is 1. The van der Waals surface area contributed by atoms with Crippen LogP contribution in [-0.4, -0.2) is 43.4 Å². The van der Waals surface area contributed by atoms with Crippen LogP contribution in [0.5, 0.6) is 0 Å². The third-order valence-electron chi connectivity index (χ3n) is 3.90. The van der Waals surface area contributed by atoms with Gasteiger partial charge in [-0.3, -0.25) is 14.7 Å². The van der Waals surface area contributed by atoms with E-state index < -0.39 is 10.0 Å². The van der Waals surface area contributed by atoms with Crippen LogP contribution >= 0.6 is 0 Å². The number of rotatable bonds is 7. The van der Waals surface area contributed by atoms with Crippen molar-refractivity contribution in [2.45, 2.75) is 32.6 Å². The lowest BCUT2D eigenvalue weighted by molar-refractivity contribution is -0.116. The smallest absolute Gasteiger partial charge is 0.244 e. The Labute approximate surface area is 152 Å². The lowest BCUT2D eigenvalue weighted by Crippen LogP contribution is -2.37. The first kappa shape index (κ1) is 19.8. The number of nitrogens with one attached hydrogen (secondary N) is 2. The highest BCUT2D eigenvalue weighted by molar-refractivity contribution is 7.89. The quantitative estimate of drug-likeness (QED) is 0.710. The van der Waals surface area contributed by atoms with Crippen LogP contribution in [0.15, 0.2) is 29.2 Å². The van der Waals surface area contributed by atoms with E-state index in [1.165, 1.54) is 18.7 Å². The number of carbonyl (C=O) groups is 2. The van der Waals surface area contributed by atoms with Gasteiger partial charge in [0.25, 0.3) is 0 Å². The van der Waals surface area contributed by atoms with Crippen LogP contribution in [0.2, 0.25) is 0 Å². The molecular formula is C17H22N4O4S. The van der Waals surface area contributed by atoms with Gasteiger partial charge in [0.2, 0.25) is 15.9 Å². The van der Waals surface area contributed by atoms with Crippen molar-refractivity contribution in [2.75, 3.05) is 18.0 Å². The topological polar surface area (TPSA) is 112 Å². The summed E-state index contributed by atoms with van der Waals surface area (Å²) in [6, 6.07) is 6.66. The number of carbonyl (C=O) groups excluding carboxylic acids is 2. The van der Waals surface area contributed by atoms with Crippen LogP contribution < -0.4 is 9.62 Å². The van der Waals surface area contributed by atoms with E-state index in [1.54, 1.807) is 38.1 Å². The Morgan fingerprint density at radius 2 is 1.92 bits per heavy atom. The molecule has 1 amide bonds. The zero-order valence-electron chi connectivity index (χ0n) is 15.2. The Morgan fingerprint density at radius 1 is 1.23 bits per heavy atom. The summed E-state index contributed by atoms with van der Waals surface area (Å²) >= 11 is 0. The third kappa shape index (κ3) is 4.36. The normalized spacial score (nSPS) is 11.4. The first-order valence-corrected chi connectivity index (χ1v) is 9.52. The number of hydrogen-bond donors (Lipinski definition) is 2. The molecule has 0 fully saturated rings. The molecule has 0 saturated heterocycles. The lowest BCUT2D eigenvalue weighted by atomic mass is 10.1. The van der Waals surface area contributed by atoms with Gasteiger partial charge in [0.15, 0.2) is 5.78 Å². The number of hydrogen-bond acceptors (Lipinski definition) is 5. The van der Waals surface area contributed by atoms with E-state index in [-0.39, 0.29) is 29.7 Å². The fourth-order valence-corrected chi connectivity index (χ4v) is 4.05. The second-order valence-corrected chi connectivity index (χ2v) is 7.64. The van der Waals surface area contributed by atoms with Crippen molar-refractivity contribution in [2.24, 2.45) is 0 Å². The average Bonchev–Trinajstić information content (AvgIpc) is 2.90. The molecule has 2 N–H and O–H groups in total. The predicted octanol–water partition coefficient (Wildman–Crippen LogP) is 1.56. The maximum absolute atomic E-state index is 12.4. The summed E-state index contributed by atoms with van der Waals surface area (Å²) in [6.45, 7) is 6.22. The monoisotopic (exact) mass is 378 g/mol. The van der Waals surface area contributed by atoms with E-state index in [4.69, 9.17) is 0 Å². The van der Waals surface area contributed by atoms with Gasteiger partial charge in [0.05, 0.1) is 11.4 Å². The minimum atomic E-state index is -3.74. The van der Waals surface area contributed by atoms with Gasteiger partial charge in [-0.15, -0.1) is 0 Å². The number of sulfonamides is 1. The molecule has 2 aromatic rings. The molecule has 0 bridgehead atoms. The molecule has 26 heavy (non-hydrogen) atoms. The van der Waals surface area contributed by atoms with Gasteiger partial charge in [-0.25, -0.2) is 13.1 Å². The Kier molecular flexibility index (Phi) is 5.94. The highest BCUT2D eigenvalue weighted by atomic mass is 32.2. The molecule has 0 aliphatic heterocycles. The molecule has 1 aromatic carbocycles. The van der Waals surface area contributed by atoms with E-state index in [2.05, 4.69) is 14.9 Å². The van der Waals surface area contributed by atoms with Crippen molar-refractivity contribution in [3.05, 3.63) is 41.2 Å². The Bertz CT molecular complexity index is 914. The van der Waals surface area contributed by atoms with E-state index in [0.717, 1.165) is 0 Å². The number of ketones is 1. The maximum Gasteiger partial charge on any atom is 0.244 e. The molecule has 0 atom stereocenters. The molecule has 2 rings (SSSR count). The summed E-state index contributed by atoms with van der Waals surface area (Å²) in [5, 5.41) is 6.52. The Morgan fingerprint density at radius 3 is 2.46 bits per heavy atom. The third-order valence-corrected chi connectivity index (χ3v) is 5.62. The number of H-pyrrole nitrogens is 1. The highest BCUT2D eigenvalue weighted by Gasteiger charge is 2.22. The van der Waals surface area contributed by atoms with Gasteiger partial charge in [-0.05, 0) is 32.9 Å². The molecular weight excluding hydrogens is 356 g/mol. The number of Topliss-reactive ketones (excluding diaryl/α,β-unsaturated/α-hetero) is 1. The summed E-state index contributed by atoms with van der Waals surface area (Å²) in [6.07, 6.45) is 0. The van der Waals surface area contributed by atoms with Crippen LogP contribution in [0.4, 0.5) is 5.69 Å². The minimum Gasteiger partial charge on any atom is -0.311 e. The zero-order chi connectivity index (χ0) is 19.5. The molecule has 8 nitrogen and oxygen atoms in total. The Hall–Kier alpha value is -2.52. The van der Waals surface area contributed by atoms with E-state index in [1.807, 2.05) is 0 Å². The van der Waals surface area contributed by atoms with Gasteiger partial charge >= 0.3 is 0 Å². The lowest BCUT2D eigenvalue weighted by Gasteiger charge is -2.22. The molecule has 1 heterocycles. The number of aryl methyl sites for hydroxylation is 2. The van der Waals surface area contributed by atoms with Crippen molar-refractivity contribution < 1.29 is 18.0 Å². The summed E-state index contributed by atoms with van der Waals surface area (Å²) < 4.78 is 27.4. The highest BCUT2D eigenvalue weighted by Crippen LogP contribution is 2.18. The Balaban J connectivity index is 2.14. The van der Waals surface area contributed by atoms with Crippen LogP contribution in [0, 0.1) is 13.8 Å². The number of aromatic nitrogens is 2. The second kappa shape index (κ2) is 7.79. The standard InChI is InChI=1S/C17H22N4O4S/c1-11-17(12(2)20-19-11)26(24,25)18-8-9-21(14(4)23)16-7-5-6-15(10-16)13(3)22/h5-7,10,18H,8-9H2,1-4H3,(H,19,20). The van der Waals surface area contributed by atoms with Gasteiger partial charge in [-0.2, -0.15) is 5.10 Å². The summed E-state index contributed by atoms with van der Waals surface area (Å²) in [4.78, 5) is 25.0. The van der Waals surface area contributed by atoms with E-state index in [9.17, 15) is 18.0 Å². The molecule has 0 unspecified atom stereocenters. The molecule has 9 heteroatoms. The number of benzene rings is 1. The van der Waals surface area contributed by atoms with Crippen LogP contribution in [-0.2, 0) is 14.8 Å².